The number of aryl methyl sites for hydroxylation is 1. The number of nitrogens with zero attached hydrogens (tertiary/aromatic N) is 3. The van der Waals surface area contributed by atoms with Crippen molar-refractivity contribution in [2.24, 2.45) is 7.05 Å². The molecule has 0 unspecified atom stereocenters. The number of nitrogens with one attached hydrogen (secondary N) is 1. The average molecular weight is 352 g/mol. The summed E-state index contributed by atoms with van der Waals surface area (Å²) in [6, 6.07) is 17.9. The first-order valence-corrected chi connectivity index (χ1v) is 9.02. The zero-order chi connectivity index (χ0) is 17.6. The molecule has 2 aromatic carbocycles. The van der Waals surface area contributed by atoms with Gasteiger partial charge in [0.05, 0.1) is 5.75 Å². The normalized spacial score (nSPS) is 10.6. The van der Waals surface area contributed by atoms with Crippen LogP contribution in [0.25, 0.3) is 0 Å². The highest BCUT2D eigenvalue weighted by Gasteiger charge is 2.12. The van der Waals surface area contributed by atoms with E-state index < -0.39 is 0 Å². The molecule has 0 fully saturated rings. The lowest BCUT2D eigenvalue weighted by atomic mass is 10.1. The summed E-state index contributed by atoms with van der Waals surface area (Å²) in [4.78, 5) is 12.1. The number of aromatic nitrogens is 3. The van der Waals surface area contributed by atoms with E-state index in [2.05, 4.69) is 27.6 Å². The zero-order valence-electron chi connectivity index (χ0n) is 14.3. The first-order chi connectivity index (χ1) is 12.1. The van der Waals surface area contributed by atoms with E-state index in [0.29, 0.717) is 5.75 Å². The lowest BCUT2D eigenvalue weighted by Crippen LogP contribution is -2.14. The number of carbonyl (C=O) groups is 1. The van der Waals surface area contributed by atoms with Crippen molar-refractivity contribution in [2.75, 3.05) is 11.1 Å². The van der Waals surface area contributed by atoms with Gasteiger partial charge < -0.3 is 9.88 Å². The van der Waals surface area contributed by atoms with Gasteiger partial charge in [0.25, 0.3) is 0 Å². The monoisotopic (exact) mass is 352 g/mol. The second-order valence-electron chi connectivity index (χ2n) is 5.83. The maximum atomic E-state index is 12.1. The van der Waals surface area contributed by atoms with Gasteiger partial charge in [-0.1, -0.05) is 54.2 Å². The molecule has 0 spiro atoms. The Balaban J connectivity index is 1.57. The van der Waals surface area contributed by atoms with Gasteiger partial charge in [0.2, 0.25) is 5.91 Å². The van der Waals surface area contributed by atoms with Crippen molar-refractivity contribution in [1.29, 1.82) is 0 Å². The van der Waals surface area contributed by atoms with Crippen molar-refractivity contribution in [3.8, 4) is 0 Å². The minimum absolute atomic E-state index is 0.0526. The largest absolute Gasteiger partial charge is 0.325 e. The summed E-state index contributed by atoms with van der Waals surface area (Å²) in [5.74, 6) is 1.13. The first-order valence-electron chi connectivity index (χ1n) is 8.03. The number of benzene rings is 2. The minimum atomic E-state index is -0.0526. The maximum Gasteiger partial charge on any atom is 0.234 e. The standard InChI is InChI=1S/C19H20N4OS/c1-14-7-6-10-16(11-14)20-18(24)13-25-19-22-21-17(23(19)2)12-15-8-4-3-5-9-15/h3-11H,12-13H2,1-2H3,(H,20,24). The van der Waals surface area contributed by atoms with Crippen molar-refractivity contribution in [2.45, 2.75) is 18.5 Å². The smallest absolute Gasteiger partial charge is 0.234 e. The Kier molecular flexibility index (Phi) is 5.50. The highest BCUT2D eigenvalue weighted by Crippen LogP contribution is 2.18. The van der Waals surface area contributed by atoms with E-state index >= 15 is 0 Å². The van der Waals surface area contributed by atoms with Gasteiger partial charge in [-0.2, -0.15) is 0 Å². The molecule has 0 radical (unpaired) electrons. The van der Waals surface area contributed by atoms with Crippen molar-refractivity contribution in [1.82, 2.24) is 14.8 Å². The molecule has 3 aromatic rings. The zero-order valence-corrected chi connectivity index (χ0v) is 15.1. The molecule has 0 aliphatic rings. The molecule has 1 aromatic heterocycles. The molecule has 0 aliphatic carbocycles. The van der Waals surface area contributed by atoms with Crippen LogP contribution in [0.5, 0.6) is 0 Å². The third kappa shape index (κ3) is 4.70. The van der Waals surface area contributed by atoms with Crippen LogP contribution in [0.1, 0.15) is 17.0 Å². The molecule has 0 bridgehead atoms. The van der Waals surface area contributed by atoms with E-state index in [-0.39, 0.29) is 5.91 Å². The van der Waals surface area contributed by atoms with E-state index in [1.54, 1.807) is 0 Å². The predicted octanol–water partition coefficient (Wildman–Crippen LogP) is 3.45. The SMILES string of the molecule is Cc1cccc(NC(=O)CSc2nnc(Cc3ccccc3)n2C)c1. The number of amides is 1. The topological polar surface area (TPSA) is 59.8 Å². The lowest BCUT2D eigenvalue weighted by molar-refractivity contribution is -0.113. The maximum absolute atomic E-state index is 12.1. The third-order valence-corrected chi connectivity index (χ3v) is 4.78. The number of anilines is 1. The molecule has 5 nitrogen and oxygen atoms in total. The fraction of sp³-hybridized carbons (Fsp3) is 0.211. The van der Waals surface area contributed by atoms with Gasteiger partial charge >= 0.3 is 0 Å². The fourth-order valence-corrected chi connectivity index (χ4v) is 3.18. The molecule has 128 valence electrons. The number of thioether (sulfide) groups is 1. The number of hydrogen-bond acceptors (Lipinski definition) is 4. The Morgan fingerprint density at radius 2 is 1.92 bits per heavy atom. The molecule has 3 rings (SSSR count). The van der Waals surface area contributed by atoms with Gasteiger partial charge in [-0.15, -0.1) is 10.2 Å². The van der Waals surface area contributed by atoms with Crippen molar-refractivity contribution in [3.63, 3.8) is 0 Å². The van der Waals surface area contributed by atoms with Crippen molar-refractivity contribution >= 4 is 23.4 Å². The summed E-state index contributed by atoms with van der Waals surface area (Å²) in [5.41, 5.74) is 3.12. The molecule has 1 heterocycles. The van der Waals surface area contributed by atoms with Gasteiger partial charge in [0, 0.05) is 19.2 Å². The van der Waals surface area contributed by atoms with Gasteiger partial charge in [-0.05, 0) is 30.2 Å². The summed E-state index contributed by atoms with van der Waals surface area (Å²) in [6.07, 6.45) is 0.723. The predicted molar refractivity (Wildman–Crippen MR) is 101 cm³/mol. The number of hydrogen-bond donors (Lipinski definition) is 1. The summed E-state index contributed by atoms with van der Waals surface area (Å²) < 4.78 is 1.94. The molecule has 25 heavy (non-hydrogen) atoms. The van der Waals surface area contributed by atoms with Crippen LogP contribution >= 0.6 is 11.8 Å². The van der Waals surface area contributed by atoms with Crippen LogP contribution in [0, 0.1) is 6.92 Å². The summed E-state index contributed by atoms with van der Waals surface area (Å²) in [5, 5.41) is 12.1. The van der Waals surface area contributed by atoms with Crippen LogP contribution in [0.3, 0.4) is 0 Å². The summed E-state index contributed by atoms with van der Waals surface area (Å²) in [7, 11) is 1.93. The van der Waals surface area contributed by atoms with E-state index in [1.807, 2.05) is 61.0 Å². The molecule has 0 aliphatic heterocycles. The van der Waals surface area contributed by atoms with Gasteiger partial charge in [0.15, 0.2) is 5.16 Å². The van der Waals surface area contributed by atoms with Crippen LogP contribution in [-0.2, 0) is 18.3 Å². The van der Waals surface area contributed by atoms with Crippen LogP contribution in [-0.4, -0.2) is 26.4 Å². The fourth-order valence-electron chi connectivity index (χ4n) is 2.45. The molecule has 1 N–H and O–H groups in total. The Labute approximate surface area is 151 Å². The second kappa shape index (κ2) is 7.98. The second-order valence-corrected chi connectivity index (χ2v) is 6.77. The molecule has 0 saturated carbocycles. The Morgan fingerprint density at radius 3 is 2.68 bits per heavy atom. The van der Waals surface area contributed by atoms with Crippen LogP contribution < -0.4 is 5.32 Å². The van der Waals surface area contributed by atoms with Crippen molar-refractivity contribution < 1.29 is 4.79 Å². The highest BCUT2D eigenvalue weighted by atomic mass is 32.2. The van der Waals surface area contributed by atoms with Crippen molar-refractivity contribution in [3.05, 3.63) is 71.5 Å². The molecule has 0 atom stereocenters. The molecular weight excluding hydrogens is 332 g/mol. The Hall–Kier alpha value is -2.60. The van der Waals surface area contributed by atoms with Gasteiger partial charge in [0.1, 0.15) is 5.82 Å². The third-order valence-electron chi connectivity index (χ3n) is 3.76. The van der Waals surface area contributed by atoms with Gasteiger partial charge in [-0.25, -0.2) is 0 Å². The van der Waals surface area contributed by atoms with Crippen LogP contribution in [0.4, 0.5) is 5.69 Å². The summed E-state index contributed by atoms with van der Waals surface area (Å²) in [6.45, 7) is 2.00. The molecule has 6 heteroatoms. The Morgan fingerprint density at radius 1 is 1.12 bits per heavy atom. The molecule has 1 amide bonds. The number of rotatable bonds is 6. The highest BCUT2D eigenvalue weighted by molar-refractivity contribution is 7.99. The van der Waals surface area contributed by atoms with E-state index in [9.17, 15) is 4.79 Å². The van der Waals surface area contributed by atoms with Crippen LogP contribution in [0.2, 0.25) is 0 Å². The number of carbonyl (C=O) groups excluding carboxylic acids is 1. The Bertz CT molecular complexity index is 861. The first kappa shape index (κ1) is 17.2. The van der Waals surface area contributed by atoms with E-state index in [4.69, 9.17) is 0 Å². The molecular formula is C19H20N4OS. The quantitative estimate of drug-likeness (QED) is 0.690. The molecule has 0 saturated heterocycles. The van der Waals surface area contributed by atoms with Crippen LogP contribution in [0.15, 0.2) is 59.8 Å². The minimum Gasteiger partial charge on any atom is -0.325 e. The van der Waals surface area contributed by atoms with E-state index in [1.165, 1.54) is 17.3 Å². The lowest BCUT2D eigenvalue weighted by Gasteiger charge is -2.06. The summed E-state index contributed by atoms with van der Waals surface area (Å²) >= 11 is 1.39. The van der Waals surface area contributed by atoms with Gasteiger partial charge in [-0.3, -0.25) is 4.79 Å². The van der Waals surface area contributed by atoms with E-state index in [0.717, 1.165) is 28.7 Å². The average Bonchev–Trinajstić information content (AvgIpc) is 2.94.